The average molecular weight is 342 g/mol. The lowest BCUT2D eigenvalue weighted by Gasteiger charge is -2.33. The third kappa shape index (κ3) is 3.68. The highest BCUT2D eigenvalue weighted by Gasteiger charge is 2.31. The van der Waals surface area contributed by atoms with Crippen LogP contribution in [0.2, 0.25) is 0 Å². The number of fused-ring (bicyclic) bond motifs is 1. The zero-order valence-electron chi connectivity index (χ0n) is 14.7. The van der Waals surface area contributed by atoms with Gasteiger partial charge < -0.3 is 19.0 Å². The maximum atomic E-state index is 12.4. The Bertz CT molecular complexity index is 783. The predicted octanol–water partition coefficient (Wildman–Crippen LogP) is 2.75. The van der Waals surface area contributed by atoms with Gasteiger partial charge in [0.1, 0.15) is 17.3 Å². The highest BCUT2D eigenvalue weighted by Crippen LogP contribution is 2.33. The van der Waals surface area contributed by atoms with Crippen molar-refractivity contribution in [3.8, 4) is 5.75 Å². The lowest BCUT2D eigenvalue weighted by Crippen LogP contribution is -2.45. The van der Waals surface area contributed by atoms with Gasteiger partial charge in [0, 0.05) is 20.0 Å². The van der Waals surface area contributed by atoms with Crippen molar-refractivity contribution in [1.29, 1.82) is 0 Å². The Hall–Kier alpha value is -2.76. The minimum absolute atomic E-state index is 0.0431. The summed E-state index contributed by atoms with van der Waals surface area (Å²) in [6, 6.07) is 11.1. The Balaban J connectivity index is 1.64. The smallest absolute Gasteiger partial charge is 0.267 e. The normalized spacial score (nSPS) is 16.4. The number of anilines is 1. The van der Waals surface area contributed by atoms with Gasteiger partial charge >= 0.3 is 0 Å². The Morgan fingerprint density at radius 2 is 2.00 bits per heavy atom. The molecule has 1 aromatic carbocycles. The fraction of sp³-hybridized carbons (Fsp3) is 0.368. The second-order valence-electron chi connectivity index (χ2n) is 6.23. The van der Waals surface area contributed by atoms with E-state index in [1.165, 1.54) is 0 Å². The fourth-order valence-corrected chi connectivity index (χ4v) is 2.88. The van der Waals surface area contributed by atoms with Crippen LogP contribution in [0.15, 0.2) is 40.8 Å². The van der Waals surface area contributed by atoms with Gasteiger partial charge in [-0.1, -0.05) is 12.1 Å². The number of furan rings is 1. The molecule has 2 aromatic rings. The molecule has 0 N–H and O–H groups in total. The molecule has 2 heterocycles. The molecule has 0 bridgehead atoms. The third-order valence-corrected chi connectivity index (χ3v) is 4.24. The Morgan fingerprint density at radius 3 is 2.72 bits per heavy atom. The fourth-order valence-electron chi connectivity index (χ4n) is 2.88. The van der Waals surface area contributed by atoms with Crippen molar-refractivity contribution in [3.05, 3.63) is 47.9 Å². The van der Waals surface area contributed by atoms with Crippen LogP contribution in [0.5, 0.6) is 5.75 Å². The zero-order valence-corrected chi connectivity index (χ0v) is 14.7. The molecule has 0 aliphatic carbocycles. The Morgan fingerprint density at radius 1 is 1.24 bits per heavy atom. The molecule has 0 radical (unpaired) electrons. The van der Waals surface area contributed by atoms with E-state index in [-0.39, 0.29) is 18.2 Å². The predicted molar refractivity (Wildman–Crippen MR) is 93.4 cm³/mol. The molecule has 3 rings (SSSR count). The molecule has 1 aliphatic rings. The number of hydrogen-bond acceptors (Lipinski definition) is 4. The Labute approximate surface area is 147 Å². The second kappa shape index (κ2) is 7.01. The SMILES string of the molecule is Cc1ccc(CN(C)C(=O)CCN2C(=O)[C@@H](C)Oc3ccccc32)o1. The first kappa shape index (κ1) is 17.1. The van der Waals surface area contributed by atoms with Crippen LogP contribution in [-0.4, -0.2) is 36.4 Å². The largest absolute Gasteiger partial charge is 0.479 e. The van der Waals surface area contributed by atoms with Gasteiger partial charge in [0.05, 0.1) is 12.2 Å². The molecule has 0 spiro atoms. The molecular weight excluding hydrogens is 320 g/mol. The Kier molecular flexibility index (Phi) is 4.79. The first-order valence-corrected chi connectivity index (χ1v) is 8.32. The molecule has 6 heteroatoms. The number of rotatable bonds is 5. The van der Waals surface area contributed by atoms with Crippen LogP contribution in [0.25, 0.3) is 0 Å². The van der Waals surface area contributed by atoms with Crippen molar-refractivity contribution in [1.82, 2.24) is 4.90 Å². The van der Waals surface area contributed by atoms with Crippen LogP contribution in [0, 0.1) is 6.92 Å². The minimum atomic E-state index is -0.547. The number of amides is 2. The molecule has 1 aliphatic heterocycles. The van der Waals surface area contributed by atoms with E-state index in [2.05, 4.69) is 0 Å². The first-order chi connectivity index (χ1) is 12.0. The summed E-state index contributed by atoms with van der Waals surface area (Å²) in [5.74, 6) is 2.06. The summed E-state index contributed by atoms with van der Waals surface area (Å²) in [6.07, 6.45) is -0.308. The summed E-state index contributed by atoms with van der Waals surface area (Å²) >= 11 is 0. The molecule has 0 saturated heterocycles. The van der Waals surface area contributed by atoms with E-state index in [0.717, 1.165) is 11.5 Å². The number of carbonyl (C=O) groups excluding carboxylic acids is 2. The van der Waals surface area contributed by atoms with E-state index in [1.54, 1.807) is 23.8 Å². The van der Waals surface area contributed by atoms with Crippen LogP contribution in [0.1, 0.15) is 24.9 Å². The summed E-state index contributed by atoms with van der Waals surface area (Å²) in [5, 5.41) is 0. The second-order valence-corrected chi connectivity index (χ2v) is 6.23. The molecule has 1 aromatic heterocycles. The van der Waals surface area contributed by atoms with Crippen molar-refractivity contribution in [3.63, 3.8) is 0 Å². The molecule has 25 heavy (non-hydrogen) atoms. The lowest BCUT2D eigenvalue weighted by atomic mass is 10.1. The van der Waals surface area contributed by atoms with E-state index in [0.29, 0.717) is 24.5 Å². The van der Waals surface area contributed by atoms with Crippen molar-refractivity contribution in [2.75, 3.05) is 18.5 Å². The monoisotopic (exact) mass is 342 g/mol. The molecular formula is C19H22N2O4. The molecule has 0 unspecified atom stereocenters. The summed E-state index contributed by atoms with van der Waals surface area (Å²) in [4.78, 5) is 28.1. The van der Waals surface area contributed by atoms with Crippen LogP contribution in [0.4, 0.5) is 5.69 Å². The van der Waals surface area contributed by atoms with Crippen molar-refractivity contribution >= 4 is 17.5 Å². The standard InChI is InChI=1S/C19H22N2O4/c1-13-8-9-15(24-13)12-20(3)18(22)10-11-21-16-6-4-5-7-17(16)25-14(2)19(21)23/h4-9,14H,10-12H2,1-3H3/t14-/m1/s1. The molecule has 0 saturated carbocycles. The van der Waals surface area contributed by atoms with E-state index < -0.39 is 6.10 Å². The molecule has 6 nitrogen and oxygen atoms in total. The van der Waals surface area contributed by atoms with Crippen LogP contribution in [-0.2, 0) is 16.1 Å². The molecule has 132 valence electrons. The van der Waals surface area contributed by atoms with Gasteiger partial charge in [0.15, 0.2) is 6.10 Å². The van der Waals surface area contributed by atoms with Gasteiger partial charge in [0.25, 0.3) is 5.91 Å². The summed E-state index contributed by atoms with van der Waals surface area (Å²) in [7, 11) is 1.73. The number of carbonyl (C=O) groups is 2. The number of hydrogen-bond donors (Lipinski definition) is 0. The third-order valence-electron chi connectivity index (χ3n) is 4.24. The van der Waals surface area contributed by atoms with Crippen molar-refractivity contribution < 1.29 is 18.7 Å². The van der Waals surface area contributed by atoms with Crippen LogP contribution >= 0.6 is 0 Å². The van der Waals surface area contributed by atoms with E-state index in [1.807, 2.05) is 43.3 Å². The van der Waals surface area contributed by atoms with Crippen LogP contribution < -0.4 is 9.64 Å². The summed E-state index contributed by atoms with van der Waals surface area (Å²) in [5.41, 5.74) is 0.711. The van der Waals surface area contributed by atoms with Gasteiger partial charge in [-0.3, -0.25) is 9.59 Å². The maximum absolute atomic E-state index is 12.4. The quantitative estimate of drug-likeness (QED) is 0.838. The van der Waals surface area contributed by atoms with Crippen molar-refractivity contribution in [2.45, 2.75) is 32.9 Å². The highest BCUT2D eigenvalue weighted by atomic mass is 16.5. The molecule has 0 fully saturated rings. The van der Waals surface area contributed by atoms with E-state index in [4.69, 9.17) is 9.15 Å². The highest BCUT2D eigenvalue weighted by molar-refractivity contribution is 6.00. The summed E-state index contributed by atoms with van der Waals surface area (Å²) in [6.45, 7) is 4.33. The number of aryl methyl sites for hydroxylation is 1. The minimum Gasteiger partial charge on any atom is -0.479 e. The summed E-state index contributed by atoms with van der Waals surface area (Å²) < 4.78 is 11.1. The lowest BCUT2D eigenvalue weighted by molar-refractivity contribution is -0.130. The first-order valence-electron chi connectivity index (χ1n) is 8.32. The van der Waals surface area contributed by atoms with E-state index >= 15 is 0 Å². The van der Waals surface area contributed by atoms with Gasteiger partial charge in [-0.25, -0.2) is 0 Å². The number of benzene rings is 1. The maximum Gasteiger partial charge on any atom is 0.267 e. The van der Waals surface area contributed by atoms with Gasteiger partial charge in [0.2, 0.25) is 5.91 Å². The zero-order chi connectivity index (χ0) is 18.0. The van der Waals surface area contributed by atoms with Gasteiger partial charge in [-0.05, 0) is 38.1 Å². The topological polar surface area (TPSA) is 63.0 Å². The average Bonchev–Trinajstić information content (AvgIpc) is 3.00. The number of para-hydroxylation sites is 2. The molecule has 1 atom stereocenters. The van der Waals surface area contributed by atoms with E-state index in [9.17, 15) is 9.59 Å². The number of ether oxygens (including phenoxy) is 1. The number of nitrogens with zero attached hydrogens (tertiary/aromatic N) is 2. The van der Waals surface area contributed by atoms with Crippen molar-refractivity contribution in [2.24, 2.45) is 0 Å². The van der Waals surface area contributed by atoms with Crippen LogP contribution in [0.3, 0.4) is 0 Å². The van der Waals surface area contributed by atoms with Gasteiger partial charge in [-0.15, -0.1) is 0 Å². The van der Waals surface area contributed by atoms with Gasteiger partial charge in [-0.2, -0.15) is 0 Å². The molecule has 2 amide bonds.